The van der Waals surface area contributed by atoms with E-state index in [1.54, 1.807) is 0 Å². The fourth-order valence-electron chi connectivity index (χ4n) is 1.71. The van der Waals surface area contributed by atoms with E-state index in [4.69, 9.17) is 5.90 Å². The molecule has 2 N–H and O–H groups in total. The zero-order chi connectivity index (χ0) is 10.9. The van der Waals surface area contributed by atoms with Gasteiger partial charge in [0.2, 0.25) is 0 Å². The summed E-state index contributed by atoms with van der Waals surface area (Å²) in [4.78, 5) is 0.602. The zero-order valence-corrected chi connectivity index (χ0v) is 9.48. The highest BCUT2D eigenvalue weighted by Crippen LogP contribution is 2.22. The Morgan fingerprint density at radius 2 is 1.71 bits per heavy atom. The molecule has 0 spiro atoms. The second-order valence-electron chi connectivity index (χ2n) is 3.44. The van der Waals surface area contributed by atoms with Crippen LogP contribution in [0.15, 0.2) is 17.0 Å². The SMILES string of the molecule is C=S(=O)(ON)c1c(C)cc(C)cc1C. The first kappa shape index (κ1) is 11.2. The quantitative estimate of drug-likeness (QED) is 0.598. The summed E-state index contributed by atoms with van der Waals surface area (Å²) < 4.78 is 16.3. The van der Waals surface area contributed by atoms with Gasteiger partial charge in [0.25, 0.3) is 0 Å². The van der Waals surface area contributed by atoms with Gasteiger partial charge in [0.05, 0.1) is 4.90 Å². The van der Waals surface area contributed by atoms with Gasteiger partial charge in [-0.1, -0.05) is 17.7 Å². The molecule has 1 unspecified atom stereocenters. The smallest absolute Gasteiger partial charge is 0.124 e. The number of rotatable bonds is 2. The molecule has 1 aromatic carbocycles. The normalized spacial score (nSPS) is 15.1. The van der Waals surface area contributed by atoms with Crippen LogP contribution in [0.25, 0.3) is 0 Å². The molecule has 0 amide bonds. The Morgan fingerprint density at radius 1 is 1.29 bits per heavy atom. The van der Waals surface area contributed by atoms with E-state index in [1.807, 2.05) is 32.9 Å². The van der Waals surface area contributed by atoms with Gasteiger partial charge in [0.1, 0.15) is 9.80 Å². The molecule has 0 saturated heterocycles. The van der Waals surface area contributed by atoms with E-state index >= 15 is 0 Å². The molecule has 0 radical (unpaired) electrons. The highest BCUT2D eigenvalue weighted by atomic mass is 32.2. The predicted octanol–water partition coefficient (Wildman–Crippen LogP) is 1.49. The summed E-state index contributed by atoms with van der Waals surface area (Å²) in [5.74, 6) is 8.47. The van der Waals surface area contributed by atoms with Gasteiger partial charge in [-0.05, 0) is 37.8 Å². The first-order valence-electron chi connectivity index (χ1n) is 4.22. The molecule has 0 aliphatic rings. The van der Waals surface area contributed by atoms with Crippen LogP contribution in [0.3, 0.4) is 0 Å². The lowest BCUT2D eigenvalue weighted by atomic mass is 10.1. The third-order valence-corrected chi connectivity index (χ3v) is 3.65. The van der Waals surface area contributed by atoms with Crippen LogP contribution in [0.4, 0.5) is 0 Å². The Bertz CT molecular complexity index is 426. The molecule has 0 fully saturated rings. The van der Waals surface area contributed by atoms with Crippen molar-refractivity contribution in [2.75, 3.05) is 0 Å². The van der Waals surface area contributed by atoms with Crippen LogP contribution in [-0.4, -0.2) is 10.1 Å². The fraction of sp³-hybridized carbons (Fsp3) is 0.300. The highest BCUT2D eigenvalue weighted by molar-refractivity contribution is 7.96. The van der Waals surface area contributed by atoms with Gasteiger partial charge in [-0.2, -0.15) is 5.90 Å². The van der Waals surface area contributed by atoms with Gasteiger partial charge >= 0.3 is 0 Å². The number of nitrogens with two attached hydrogens (primary N) is 1. The van der Waals surface area contributed by atoms with Crippen molar-refractivity contribution in [2.24, 2.45) is 5.90 Å². The topological polar surface area (TPSA) is 52.3 Å². The molecule has 0 aliphatic heterocycles. The number of hydrogen-bond donors (Lipinski definition) is 1. The molecule has 14 heavy (non-hydrogen) atoms. The summed E-state index contributed by atoms with van der Waals surface area (Å²) >= 11 is 0. The van der Waals surface area contributed by atoms with Crippen molar-refractivity contribution >= 4 is 15.7 Å². The lowest BCUT2D eigenvalue weighted by molar-refractivity contribution is 0.364. The van der Waals surface area contributed by atoms with Crippen molar-refractivity contribution in [1.29, 1.82) is 0 Å². The summed E-state index contributed by atoms with van der Waals surface area (Å²) in [7, 11) is -2.80. The van der Waals surface area contributed by atoms with Gasteiger partial charge < -0.3 is 0 Å². The van der Waals surface area contributed by atoms with Crippen LogP contribution >= 0.6 is 0 Å². The molecule has 0 bridgehead atoms. The largest absolute Gasteiger partial charge is 0.234 e. The van der Waals surface area contributed by atoms with Crippen LogP contribution in [0, 0.1) is 20.8 Å². The number of aryl methyl sites for hydroxylation is 3. The maximum Gasteiger partial charge on any atom is 0.124 e. The molecule has 3 nitrogen and oxygen atoms in total. The van der Waals surface area contributed by atoms with Crippen molar-refractivity contribution in [3.8, 4) is 0 Å². The molecule has 1 rings (SSSR count). The summed E-state index contributed by atoms with van der Waals surface area (Å²) in [6, 6.07) is 3.87. The van der Waals surface area contributed by atoms with Crippen molar-refractivity contribution < 1.29 is 8.49 Å². The van der Waals surface area contributed by atoms with Crippen LogP contribution in [0.2, 0.25) is 0 Å². The maximum atomic E-state index is 11.9. The minimum atomic E-state index is -2.80. The van der Waals surface area contributed by atoms with Gasteiger partial charge in [0, 0.05) is 0 Å². The van der Waals surface area contributed by atoms with Crippen molar-refractivity contribution in [1.82, 2.24) is 0 Å². The molecule has 4 heteroatoms. The van der Waals surface area contributed by atoms with Crippen LogP contribution < -0.4 is 5.90 Å². The average molecular weight is 213 g/mol. The summed E-state index contributed by atoms with van der Waals surface area (Å²) in [6.45, 7) is 5.73. The second-order valence-corrected chi connectivity index (χ2v) is 5.27. The van der Waals surface area contributed by atoms with E-state index in [0.717, 1.165) is 16.7 Å². The zero-order valence-electron chi connectivity index (χ0n) is 8.66. The van der Waals surface area contributed by atoms with Crippen molar-refractivity contribution in [2.45, 2.75) is 25.7 Å². The minimum absolute atomic E-state index is 0.602. The minimum Gasteiger partial charge on any atom is -0.234 e. The molecule has 0 saturated carbocycles. The lowest BCUT2D eigenvalue weighted by Gasteiger charge is -2.13. The standard InChI is InChI=1S/C10H15NO2S/c1-7-5-8(2)10(9(3)6-7)14(4,12)13-11/h5-6H,4,11H2,1-3H3. The molecule has 1 aromatic rings. The first-order chi connectivity index (χ1) is 6.38. The Balaban J connectivity index is 3.51. The van der Waals surface area contributed by atoms with E-state index in [0.29, 0.717) is 4.90 Å². The molecule has 1 atom stereocenters. The Labute approximate surface area is 85.1 Å². The van der Waals surface area contributed by atoms with Crippen molar-refractivity contribution in [3.63, 3.8) is 0 Å². The molecule has 0 heterocycles. The molecule has 0 aromatic heterocycles. The molecular weight excluding hydrogens is 198 g/mol. The van der Waals surface area contributed by atoms with E-state index in [9.17, 15) is 4.21 Å². The predicted molar refractivity (Wildman–Crippen MR) is 59.5 cm³/mol. The maximum absolute atomic E-state index is 11.9. The van der Waals surface area contributed by atoms with Gasteiger partial charge in [-0.3, -0.25) is 0 Å². The van der Waals surface area contributed by atoms with E-state index in [2.05, 4.69) is 10.2 Å². The first-order valence-corrected chi connectivity index (χ1v) is 5.87. The van der Waals surface area contributed by atoms with Gasteiger partial charge in [-0.25, -0.2) is 8.49 Å². The van der Waals surface area contributed by atoms with Gasteiger partial charge in [-0.15, -0.1) is 0 Å². The molecule has 78 valence electrons. The van der Waals surface area contributed by atoms with Crippen LogP contribution in [0.5, 0.6) is 0 Å². The second kappa shape index (κ2) is 3.73. The lowest BCUT2D eigenvalue weighted by Crippen LogP contribution is -2.13. The van der Waals surface area contributed by atoms with Crippen LogP contribution in [0.1, 0.15) is 16.7 Å². The summed E-state index contributed by atoms with van der Waals surface area (Å²) in [5, 5.41) is 0. The molecular formula is C10H15NO2S. The Morgan fingerprint density at radius 3 is 2.07 bits per heavy atom. The summed E-state index contributed by atoms with van der Waals surface area (Å²) in [6.07, 6.45) is 0. The molecule has 0 aliphatic carbocycles. The Kier molecular flexibility index (Phi) is 2.99. The Hall–Kier alpha value is -0.840. The van der Waals surface area contributed by atoms with Crippen LogP contribution in [-0.2, 0) is 14.1 Å². The number of benzene rings is 1. The van der Waals surface area contributed by atoms with Crippen molar-refractivity contribution in [3.05, 3.63) is 28.8 Å². The van der Waals surface area contributed by atoms with E-state index < -0.39 is 9.80 Å². The van der Waals surface area contributed by atoms with E-state index in [1.165, 1.54) is 0 Å². The monoisotopic (exact) mass is 213 g/mol. The fourth-order valence-corrected chi connectivity index (χ4v) is 2.90. The van der Waals surface area contributed by atoms with E-state index in [-0.39, 0.29) is 0 Å². The average Bonchev–Trinajstić information content (AvgIpc) is 2.01. The third kappa shape index (κ3) is 1.97. The highest BCUT2D eigenvalue weighted by Gasteiger charge is 2.13. The third-order valence-electron chi connectivity index (χ3n) is 2.07. The van der Waals surface area contributed by atoms with Gasteiger partial charge in [0.15, 0.2) is 0 Å². The summed E-state index contributed by atoms with van der Waals surface area (Å²) in [5.41, 5.74) is 2.91. The number of hydrogen-bond acceptors (Lipinski definition) is 3.